The molecule has 0 aliphatic carbocycles. The molecular weight excluding hydrogens is 266 g/mol. The number of methoxy groups -OCH3 is 1. The fourth-order valence-electron chi connectivity index (χ4n) is 1.54. The highest BCUT2D eigenvalue weighted by molar-refractivity contribution is 7.89. The fraction of sp³-hybridized carbons (Fsp3) is 0.308. The molecule has 1 atom stereocenters. The topological polar surface area (TPSA) is 63.7 Å². The highest BCUT2D eigenvalue weighted by Gasteiger charge is 2.32. The molecule has 0 radical (unpaired) electrons. The molecule has 0 aliphatic rings. The van der Waals surface area contributed by atoms with Gasteiger partial charge in [-0.25, -0.2) is 8.42 Å². The van der Waals surface area contributed by atoms with Crippen molar-refractivity contribution in [1.82, 2.24) is 4.31 Å². The predicted octanol–water partition coefficient (Wildman–Crippen LogP) is 0.872. The van der Waals surface area contributed by atoms with Gasteiger partial charge in [-0.05, 0) is 19.1 Å². The van der Waals surface area contributed by atoms with Crippen LogP contribution in [-0.4, -0.2) is 38.4 Å². The van der Waals surface area contributed by atoms with E-state index in [1.165, 1.54) is 26.2 Å². The maximum Gasteiger partial charge on any atom is 0.323 e. The first-order chi connectivity index (χ1) is 8.95. The molecule has 102 valence electrons. The van der Waals surface area contributed by atoms with Gasteiger partial charge in [-0.2, -0.15) is 4.31 Å². The van der Waals surface area contributed by atoms with Crippen LogP contribution >= 0.6 is 0 Å². The Morgan fingerprint density at radius 2 is 2.00 bits per heavy atom. The van der Waals surface area contributed by atoms with Gasteiger partial charge in [0, 0.05) is 0 Å². The van der Waals surface area contributed by atoms with Crippen molar-refractivity contribution in [2.45, 2.75) is 17.9 Å². The van der Waals surface area contributed by atoms with Gasteiger partial charge in [0.2, 0.25) is 10.0 Å². The van der Waals surface area contributed by atoms with E-state index >= 15 is 0 Å². The summed E-state index contributed by atoms with van der Waals surface area (Å²) in [5.41, 5.74) is 0. The largest absolute Gasteiger partial charge is 0.468 e. The van der Waals surface area contributed by atoms with Gasteiger partial charge in [-0.1, -0.05) is 24.1 Å². The molecule has 0 N–H and O–H groups in total. The lowest BCUT2D eigenvalue weighted by molar-refractivity contribution is -0.144. The first kappa shape index (κ1) is 15.2. The van der Waals surface area contributed by atoms with E-state index in [4.69, 9.17) is 6.42 Å². The molecule has 0 bridgehead atoms. The number of nitrogens with zero attached hydrogens (tertiary/aromatic N) is 1. The molecule has 0 aromatic heterocycles. The van der Waals surface area contributed by atoms with Crippen molar-refractivity contribution in [3.63, 3.8) is 0 Å². The minimum Gasteiger partial charge on any atom is -0.468 e. The first-order valence-corrected chi connectivity index (χ1v) is 6.97. The molecule has 0 spiro atoms. The van der Waals surface area contributed by atoms with Crippen LogP contribution in [0.4, 0.5) is 0 Å². The molecule has 0 unspecified atom stereocenters. The summed E-state index contributed by atoms with van der Waals surface area (Å²) in [6.45, 7) is 1.23. The molecule has 0 saturated heterocycles. The number of hydrogen-bond donors (Lipinski definition) is 0. The molecule has 1 rings (SSSR count). The van der Waals surface area contributed by atoms with Gasteiger partial charge < -0.3 is 4.74 Å². The Balaban J connectivity index is 3.20. The molecule has 0 heterocycles. The number of ether oxygens (including phenoxy) is 1. The van der Waals surface area contributed by atoms with Crippen LogP contribution < -0.4 is 0 Å². The van der Waals surface area contributed by atoms with Gasteiger partial charge in [0.15, 0.2) is 0 Å². The SMILES string of the molecule is C#CCN([C@H](C)C(=O)OC)S(=O)(=O)c1ccccc1. The van der Waals surface area contributed by atoms with Crippen molar-refractivity contribution in [3.8, 4) is 12.3 Å². The molecular formula is C13H15NO4S. The van der Waals surface area contributed by atoms with Gasteiger partial charge in [-0.15, -0.1) is 6.42 Å². The normalized spacial score (nSPS) is 12.7. The predicted molar refractivity (Wildman–Crippen MR) is 70.6 cm³/mol. The van der Waals surface area contributed by atoms with E-state index in [9.17, 15) is 13.2 Å². The highest BCUT2D eigenvalue weighted by atomic mass is 32.2. The summed E-state index contributed by atoms with van der Waals surface area (Å²) < 4.78 is 30.3. The van der Waals surface area contributed by atoms with E-state index in [1.807, 2.05) is 0 Å². The first-order valence-electron chi connectivity index (χ1n) is 5.53. The number of terminal acetylenes is 1. The van der Waals surface area contributed by atoms with Gasteiger partial charge >= 0.3 is 5.97 Å². The molecule has 0 amide bonds. The van der Waals surface area contributed by atoms with Crippen LogP contribution in [0.1, 0.15) is 6.92 Å². The molecule has 5 nitrogen and oxygen atoms in total. The average Bonchev–Trinajstić information content (AvgIpc) is 2.43. The summed E-state index contributed by atoms with van der Waals surface area (Å²) in [6.07, 6.45) is 5.18. The molecule has 1 aromatic carbocycles. The van der Waals surface area contributed by atoms with Crippen molar-refractivity contribution in [1.29, 1.82) is 0 Å². The minimum absolute atomic E-state index is 0.0843. The number of rotatable bonds is 5. The van der Waals surface area contributed by atoms with Crippen molar-refractivity contribution in [2.24, 2.45) is 0 Å². The van der Waals surface area contributed by atoms with Crippen LogP contribution in [-0.2, 0) is 19.6 Å². The van der Waals surface area contributed by atoms with Crippen molar-refractivity contribution < 1.29 is 17.9 Å². The second-order valence-electron chi connectivity index (χ2n) is 3.77. The lowest BCUT2D eigenvalue weighted by Crippen LogP contribution is -2.43. The number of carbonyl (C=O) groups is 1. The maximum absolute atomic E-state index is 12.4. The smallest absolute Gasteiger partial charge is 0.323 e. The van der Waals surface area contributed by atoms with Gasteiger partial charge in [-0.3, -0.25) is 4.79 Å². The Labute approximate surface area is 113 Å². The fourth-order valence-corrected chi connectivity index (χ4v) is 3.05. The van der Waals surface area contributed by atoms with E-state index in [1.54, 1.807) is 18.2 Å². The quantitative estimate of drug-likeness (QED) is 0.593. The molecule has 1 aromatic rings. The zero-order valence-electron chi connectivity index (χ0n) is 10.7. The van der Waals surface area contributed by atoms with Crippen LogP contribution in [0.2, 0.25) is 0 Å². The van der Waals surface area contributed by atoms with Crippen molar-refractivity contribution >= 4 is 16.0 Å². The lowest BCUT2D eigenvalue weighted by atomic mass is 10.3. The van der Waals surface area contributed by atoms with Crippen molar-refractivity contribution in [2.75, 3.05) is 13.7 Å². The summed E-state index contributed by atoms with van der Waals surface area (Å²) in [7, 11) is -2.63. The highest BCUT2D eigenvalue weighted by Crippen LogP contribution is 2.18. The minimum atomic E-state index is -3.83. The van der Waals surface area contributed by atoms with E-state index in [0.717, 1.165) is 4.31 Å². The molecule has 6 heteroatoms. The van der Waals surface area contributed by atoms with Crippen LogP contribution in [0.5, 0.6) is 0 Å². The standard InChI is InChI=1S/C13H15NO4S/c1-4-10-14(11(2)13(15)18-3)19(16,17)12-8-6-5-7-9-12/h1,5-9,11H,10H2,2-3H3/t11-/m1/s1. The zero-order valence-corrected chi connectivity index (χ0v) is 11.6. The van der Waals surface area contributed by atoms with Crippen LogP contribution in [0.3, 0.4) is 0 Å². The van der Waals surface area contributed by atoms with Gasteiger partial charge in [0.05, 0.1) is 18.6 Å². The third kappa shape index (κ3) is 3.34. The van der Waals surface area contributed by atoms with Crippen LogP contribution in [0, 0.1) is 12.3 Å². The van der Waals surface area contributed by atoms with E-state index < -0.39 is 22.0 Å². The summed E-state index contributed by atoms with van der Waals surface area (Å²) in [5, 5.41) is 0. The number of sulfonamides is 1. The Hall–Kier alpha value is -1.84. The third-order valence-corrected chi connectivity index (χ3v) is 4.50. The summed E-state index contributed by atoms with van der Waals surface area (Å²) >= 11 is 0. The second-order valence-corrected chi connectivity index (χ2v) is 5.66. The average molecular weight is 281 g/mol. The molecule has 0 saturated carbocycles. The molecule has 0 fully saturated rings. The van der Waals surface area contributed by atoms with Crippen molar-refractivity contribution in [3.05, 3.63) is 30.3 Å². The number of carbonyl (C=O) groups excluding carboxylic acids is 1. The van der Waals surface area contributed by atoms with E-state index in [-0.39, 0.29) is 11.4 Å². The van der Waals surface area contributed by atoms with E-state index in [0.29, 0.717) is 0 Å². The zero-order chi connectivity index (χ0) is 14.5. The van der Waals surface area contributed by atoms with Crippen LogP contribution in [0.15, 0.2) is 35.2 Å². The molecule has 0 aliphatic heterocycles. The lowest BCUT2D eigenvalue weighted by Gasteiger charge is -2.24. The summed E-state index contributed by atoms with van der Waals surface area (Å²) in [4.78, 5) is 11.6. The van der Waals surface area contributed by atoms with Gasteiger partial charge in [0.1, 0.15) is 6.04 Å². The number of hydrogen-bond acceptors (Lipinski definition) is 4. The summed E-state index contributed by atoms with van der Waals surface area (Å²) in [5.74, 6) is 1.58. The Bertz CT molecular complexity index is 574. The van der Waals surface area contributed by atoms with Gasteiger partial charge in [0.25, 0.3) is 0 Å². The number of esters is 1. The maximum atomic E-state index is 12.4. The Kier molecular flexibility index (Phi) is 5.10. The summed E-state index contributed by atoms with van der Waals surface area (Å²) in [6, 6.07) is 6.82. The van der Waals surface area contributed by atoms with E-state index in [2.05, 4.69) is 10.7 Å². The second kappa shape index (κ2) is 6.36. The third-order valence-electron chi connectivity index (χ3n) is 2.57. The Morgan fingerprint density at radius 1 is 1.42 bits per heavy atom. The number of benzene rings is 1. The monoisotopic (exact) mass is 281 g/mol. The Morgan fingerprint density at radius 3 is 2.47 bits per heavy atom. The van der Waals surface area contributed by atoms with Crippen LogP contribution in [0.25, 0.3) is 0 Å². The molecule has 19 heavy (non-hydrogen) atoms.